The third-order valence-corrected chi connectivity index (χ3v) is 3.85. The van der Waals surface area contributed by atoms with Crippen LogP contribution in [0.1, 0.15) is 6.92 Å². The zero-order valence-corrected chi connectivity index (χ0v) is 10.9. The van der Waals surface area contributed by atoms with Crippen molar-refractivity contribution in [2.75, 3.05) is 26.2 Å². The highest BCUT2D eigenvalue weighted by Gasteiger charge is 2.55. The van der Waals surface area contributed by atoms with E-state index in [1.807, 2.05) is 0 Å². The SMILES string of the molecule is CC12C(N3CCNCC3)=CC=C([N+](=O)[O-])C1=NON2O. The predicted octanol–water partition coefficient (Wildman–Crippen LogP) is -0.299. The van der Waals surface area contributed by atoms with Crippen LogP contribution < -0.4 is 5.32 Å². The monoisotopic (exact) mass is 281 g/mol. The molecule has 0 aromatic heterocycles. The van der Waals surface area contributed by atoms with Gasteiger partial charge in [0.25, 0.3) is 5.70 Å². The fourth-order valence-corrected chi connectivity index (χ4v) is 2.72. The van der Waals surface area contributed by atoms with Crippen molar-refractivity contribution in [2.24, 2.45) is 5.16 Å². The molecule has 0 aromatic rings. The molecule has 20 heavy (non-hydrogen) atoms. The van der Waals surface area contributed by atoms with E-state index in [2.05, 4.69) is 15.4 Å². The molecule has 0 bridgehead atoms. The van der Waals surface area contributed by atoms with Crippen molar-refractivity contribution in [1.82, 2.24) is 15.4 Å². The number of oxime groups is 1. The third kappa shape index (κ3) is 1.71. The number of piperazine rings is 1. The van der Waals surface area contributed by atoms with Crippen LogP contribution in [0.2, 0.25) is 0 Å². The number of nitrogens with zero attached hydrogens (tertiary/aromatic N) is 4. The molecule has 2 N–H and O–H groups in total. The normalized spacial score (nSPS) is 30.1. The van der Waals surface area contributed by atoms with Gasteiger partial charge < -0.3 is 10.2 Å². The maximum Gasteiger partial charge on any atom is 0.296 e. The fourth-order valence-electron chi connectivity index (χ4n) is 2.72. The van der Waals surface area contributed by atoms with E-state index in [1.54, 1.807) is 13.0 Å². The molecule has 0 saturated carbocycles. The summed E-state index contributed by atoms with van der Waals surface area (Å²) in [5, 5.41) is 28.5. The van der Waals surface area contributed by atoms with Crippen molar-refractivity contribution >= 4 is 5.71 Å². The summed E-state index contributed by atoms with van der Waals surface area (Å²) in [6.07, 6.45) is 3.06. The average Bonchev–Trinajstić information content (AvgIpc) is 2.75. The Hall–Kier alpha value is -1.97. The molecule has 1 saturated heterocycles. The van der Waals surface area contributed by atoms with Crippen molar-refractivity contribution in [3.05, 3.63) is 33.7 Å². The van der Waals surface area contributed by atoms with Crippen LogP contribution in [0.25, 0.3) is 0 Å². The first kappa shape index (κ1) is 13.0. The minimum atomic E-state index is -1.16. The lowest BCUT2D eigenvalue weighted by atomic mass is 9.85. The Morgan fingerprint density at radius 2 is 2.20 bits per heavy atom. The van der Waals surface area contributed by atoms with Gasteiger partial charge >= 0.3 is 0 Å². The van der Waals surface area contributed by atoms with Gasteiger partial charge in [0.05, 0.1) is 4.92 Å². The summed E-state index contributed by atoms with van der Waals surface area (Å²) in [6.45, 7) is 4.80. The van der Waals surface area contributed by atoms with Gasteiger partial charge in [0.1, 0.15) is 0 Å². The Morgan fingerprint density at radius 3 is 2.85 bits per heavy atom. The van der Waals surface area contributed by atoms with Crippen LogP contribution in [0.5, 0.6) is 0 Å². The first-order chi connectivity index (χ1) is 9.55. The molecule has 1 aliphatic carbocycles. The van der Waals surface area contributed by atoms with Crippen molar-refractivity contribution in [3.63, 3.8) is 0 Å². The fraction of sp³-hybridized carbons (Fsp3) is 0.545. The number of hydrogen-bond donors (Lipinski definition) is 2. The highest BCUT2D eigenvalue weighted by molar-refractivity contribution is 6.08. The zero-order chi connectivity index (χ0) is 14.3. The van der Waals surface area contributed by atoms with Crippen LogP contribution in [0, 0.1) is 10.1 Å². The molecule has 0 radical (unpaired) electrons. The van der Waals surface area contributed by atoms with Crippen molar-refractivity contribution in [1.29, 1.82) is 0 Å². The second kappa shape index (κ2) is 4.54. The summed E-state index contributed by atoms with van der Waals surface area (Å²) >= 11 is 0. The van der Waals surface area contributed by atoms with Gasteiger partial charge in [0.15, 0.2) is 11.3 Å². The maximum absolute atomic E-state index is 11.1. The first-order valence-corrected chi connectivity index (χ1v) is 6.32. The van der Waals surface area contributed by atoms with E-state index >= 15 is 0 Å². The maximum atomic E-state index is 11.1. The van der Waals surface area contributed by atoms with Crippen molar-refractivity contribution < 1.29 is 15.1 Å². The summed E-state index contributed by atoms with van der Waals surface area (Å²) in [4.78, 5) is 17.4. The Bertz CT molecular complexity index is 537. The largest absolute Gasteiger partial charge is 0.370 e. The molecule has 1 fully saturated rings. The van der Waals surface area contributed by atoms with E-state index in [-0.39, 0.29) is 11.4 Å². The van der Waals surface area contributed by atoms with Crippen LogP contribution in [0.15, 0.2) is 28.7 Å². The molecular weight excluding hydrogens is 266 g/mol. The first-order valence-electron chi connectivity index (χ1n) is 6.32. The second-order valence-corrected chi connectivity index (χ2v) is 4.96. The molecular formula is C11H15N5O4. The summed E-state index contributed by atoms with van der Waals surface area (Å²) in [6, 6.07) is 0. The molecule has 0 amide bonds. The lowest BCUT2D eigenvalue weighted by Gasteiger charge is -2.40. The van der Waals surface area contributed by atoms with Gasteiger partial charge in [-0.05, 0) is 13.0 Å². The summed E-state index contributed by atoms with van der Waals surface area (Å²) in [5.74, 6) is 0. The molecule has 3 aliphatic rings. The van der Waals surface area contributed by atoms with Crippen LogP contribution >= 0.6 is 0 Å². The Kier molecular flexibility index (Phi) is 2.96. The predicted molar refractivity (Wildman–Crippen MR) is 68.2 cm³/mol. The van der Waals surface area contributed by atoms with E-state index in [0.717, 1.165) is 31.9 Å². The summed E-state index contributed by atoms with van der Waals surface area (Å²) in [7, 11) is 0. The zero-order valence-electron chi connectivity index (χ0n) is 10.9. The van der Waals surface area contributed by atoms with Gasteiger partial charge in [-0.1, -0.05) is 5.16 Å². The Balaban J connectivity index is 2.04. The van der Waals surface area contributed by atoms with Crippen LogP contribution in [-0.4, -0.2) is 57.7 Å². The molecule has 1 unspecified atom stereocenters. The van der Waals surface area contributed by atoms with Crippen molar-refractivity contribution in [2.45, 2.75) is 12.5 Å². The van der Waals surface area contributed by atoms with Crippen LogP contribution in [0.4, 0.5) is 0 Å². The number of hydrogen-bond acceptors (Lipinski definition) is 8. The highest BCUT2D eigenvalue weighted by Crippen LogP contribution is 2.38. The van der Waals surface area contributed by atoms with Crippen molar-refractivity contribution in [3.8, 4) is 0 Å². The number of rotatable bonds is 2. The molecule has 1 atom stereocenters. The molecule has 3 rings (SSSR count). The molecule has 0 aromatic carbocycles. The molecule has 0 spiro atoms. The molecule has 2 heterocycles. The topological polar surface area (TPSA) is 103 Å². The van der Waals surface area contributed by atoms with Gasteiger partial charge in [-0.3, -0.25) is 20.3 Å². The number of allylic oxidation sites excluding steroid dienone is 2. The van der Waals surface area contributed by atoms with Gasteiger partial charge in [-0.25, -0.2) is 0 Å². The minimum Gasteiger partial charge on any atom is -0.370 e. The third-order valence-electron chi connectivity index (χ3n) is 3.85. The van der Waals surface area contributed by atoms with Crippen LogP contribution in [-0.2, 0) is 4.94 Å². The highest BCUT2D eigenvalue weighted by atomic mass is 17.0. The van der Waals surface area contributed by atoms with E-state index < -0.39 is 10.5 Å². The van der Waals surface area contributed by atoms with E-state index in [4.69, 9.17) is 4.94 Å². The van der Waals surface area contributed by atoms with Crippen LogP contribution in [0.3, 0.4) is 0 Å². The average molecular weight is 281 g/mol. The standard InChI is InChI=1S/C11H15N5O4/c1-11-9(14-6-4-12-5-7-14)3-2-8(15(17)18)10(11)13-20-16(11)19/h2-3,12,19H,4-7H2,1H3. The molecule has 9 nitrogen and oxygen atoms in total. The smallest absolute Gasteiger partial charge is 0.296 e. The lowest BCUT2D eigenvalue weighted by molar-refractivity contribution is -0.416. The minimum absolute atomic E-state index is 0.112. The molecule has 2 aliphatic heterocycles. The van der Waals surface area contributed by atoms with Gasteiger partial charge in [0, 0.05) is 43.2 Å². The quantitative estimate of drug-likeness (QED) is 0.529. The Morgan fingerprint density at radius 1 is 1.50 bits per heavy atom. The van der Waals surface area contributed by atoms with Gasteiger partial charge in [-0.2, -0.15) is 0 Å². The second-order valence-electron chi connectivity index (χ2n) is 4.96. The van der Waals surface area contributed by atoms with E-state index in [1.165, 1.54) is 6.08 Å². The summed E-state index contributed by atoms with van der Waals surface area (Å²) < 4.78 is 0. The number of nitrogens with one attached hydrogen (secondary N) is 1. The van der Waals surface area contributed by atoms with E-state index in [0.29, 0.717) is 5.23 Å². The number of hydroxylamine groups is 2. The molecule has 9 heteroatoms. The summed E-state index contributed by atoms with van der Waals surface area (Å²) in [5.41, 5.74) is -0.471. The number of fused-ring (bicyclic) bond motifs is 1. The molecule has 108 valence electrons. The van der Waals surface area contributed by atoms with Gasteiger partial charge in [-0.15, -0.1) is 0 Å². The number of nitro groups is 1. The van der Waals surface area contributed by atoms with E-state index in [9.17, 15) is 15.3 Å². The van der Waals surface area contributed by atoms with Gasteiger partial charge in [0.2, 0.25) is 0 Å². The lowest BCUT2D eigenvalue weighted by Crippen LogP contribution is -2.56. The Labute approximate surface area is 114 Å².